The van der Waals surface area contributed by atoms with E-state index in [1.807, 2.05) is 0 Å². The molecule has 38 heavy (non-hydrogen) atoms. The number of benzene rings is 3. The zero-order chi connectivity index (χ0) is 26.7. The molecule has 3 heteroatoms. The highest BCUT2D eigenvalue weighted by atomic mass is 19.2. The third-order valence-corrected chi connectivity index (χ3v) is 7.91. The van der Waals surface area contributed by atoms with Gasteiger partial charge in [0.05, 0.1) is 6.61 Å². The van der Waals surface area contributed by atoms with Gasteiger partial charge in [0, 0.05) is 0 Å². The van der Waals surface area contributed by atoms with Gasteiger partial charge in [0.1, 0.15) is 0 Å². The lowest BCUT2D eigenvalue weighted by molar-refractivity contribution is 0.310. The summed E-state index contributed by atoms with van der Waals surface area (Å²) in [5.74, 6) is -0.975. The number of hydrogen-bond acceptors (Lipinski definition) is 1. The standard InChI is InChI=1S/C35H42F2O/c1-3-5-6-9-26-12-18-29(19-13-26)30-20-14-27(15-21-30)10-7-8-11-28-16-22-31(23-17-28)32-24-25-33(38-4-2)35(37)34(32)36/h8,11-15,18-21,24-25,28,31H,3-7,9-10,16-17,22-23H2,1-2H3. The van der Waals surface area contributed by atoms with Crippen LogP contribution >= 0.6 is 0 Å². The van der Waals surface area contributed by atoms with E-state index in [9.17, 15) is 8.78 Å². The van der Waals surface area contributed by atoms with E-state index in [4.69, 9.17) is 4.74 Å². The Labute approximate surface area is 227 Å². The summed E-state index contributed by atoms with van der Waals surface area (Å²) in [6.45, 7) is 4.34. The molecule has 1 aliphatic carbocycles. The van der Waals surface area contributed by atoms with Crippen LogP contribution in [0.25, 0.3) is 11.1 Å². The Morgan fingerprint density at radius 2 is 1.37 bits per heavy atom. The molecule has 0 amide bonds. The Balaban J connectivity index is 1.21. The predicted octanol–water partition coefficient (Wildman–Crippen LogP) is 10.2. The molecule has 0 unspecified atom stereocenters. The fourth-order valence-corrected chi connectivity index (χ4v) is 5.60. The first kappa shape index (κ1) is 28.1. The van der Waals surface area contributed by atoms with Crippen LogP contribution in [0, 0.1) is 17.6 Å². The molecule has 1 fully saturated rings. The van der Waals surface area contributed by atoms with Gasteiger partial charge in [-0.05, 0) is 104 Å². The molecule has 0 atom stereocenters. The van der Waals surface area contributed by atoms with Crippen LogP contribution in [0.15, 0.2) is 72.8 Å². The lowest BCUT2D eigenvalue weighted by Gasteiger charge is -2.27. The maximum Gasteiger partial charge on any atom is 0.200 e. The SMILES string of the molecule is CCCCCc1ccc(-c2ccc(CCC=CC3CCC(c4ccc(OCC)c(F)c4F)CC3)cc2)cc1. The number of allylic oxidation sites excluding steroid dienone is 2. The van der Waals surface area contributed by atoms with E-state index in [1.165, 1.54) is 47.9 Å². The Morgan fingerprint density at radius 3 is 1.97 bits per heavy atom. The van der Waals surface area contributed by atoms with E-state index >= 15 is 0 Å². The fraction of sp³-hybridized carbons (Fsp3) is 0.429. The van der Waals surface area contributed by atoms with Crippen molar-refractivity contribution in [3.8, 4) is 16.9 Å². The van der Waals surface area contributed by atoms with Crippen molar-refractivity contribution in [2.24, 2.45) is 5.92 Å². The summed E-state index contributed by atoms with van der Waals surface area (Å²) in [6, 6.07) is 21.3. The van der Waals surface area contributed by atoms with E-state index in [0.29, 0.717) is 18.1 Å². The average molecular weight is 517 g/mol. The van der Waals surface area contributed by atoms with Crippen molar-refractivity contribution in [2.75, 3.05) is 6.61 Å². The summed E-state index contributed by atoms with van der Waals surface area (Å²) < 4.78 is 34.1. The van der Waals surface area contributed by atoms with E-state index in [1.54, 1.807) is 19.1 Å². The van der Waals surface area contributed by atoms with Crippen LogP contribution in [0.4, 0.5) is 8.78 Å². The molecule has 0 aromatic heterocycles. The Morgan fingerprint density at radius 1 is 0.737 bits per heavy atom. The zero-order valence-corrected chi connectivity index (χ0v) is 23.0. The van der Waals surface area contributed by atoms with Gasteiger partial charge in [-0.15, -0.1) is 0 Å². The summed E-state index contributed by atoms with van der Waals surface area (Å²) in [6.07, 6.45) is 15.5. The summed E-state index contributed by atoms with van der Waals surface area (Å²) >= 11 is 0. The first-order chi connectivity index (χ1) is 18.6. The quantitative estimate of drug-likeness (QED) is 0.172. The van der Waals surface area contributed by atoms with Crippen molar-refractivity contribution in [3.05, 3.63) is 101 Å². The second-order valence-electron chi connectivity index (χ2n) is 10.6. The van der Waals surface area contributed by atoms with Gasteiger partial charge in [-0.25, -0.2) is 4.39 Å². The van der Waals surface area contributed by atoms with Crippen molar-refractivity contribution in [1.29, 1.82) is 0 Å². The third-order valence-electron chi connectivity index (χ3n) is 7.91. The second-order valence-corrected chi connectivity index (χ2v) is 10.6. The van der Waals surface area contributed by atoms with Crippen molar-refractivity contribution in [1.82, 2.24) is 0 Å². The lowest BCUT2D eigenvalue weighted by atomic mass is 9.78. The van der Waals surface area contributed by atoms with Crippen LogP contribution in [0.2, 0.25) is 0 Å². The van der Waals surface area contributed by atoms with Gasteiger partial charge < -0.3 is 4.74 Å². The first-order valence-electron chi connectivity index (χ1n) is 14.5. The molecule has 202 valence electrons. The number of unbranched alkanes of at least 4 members (excludes halogenated alkanes) is 2. The Kier molecular flexibility index (Phi) is 10.6. The topological polar surface area (TPSA) is 9.23 Å². The molecule has 3 aromatic rings. The molecule has 0 aliphatic heterocycles. The summed E-state index contributed by atoms with van der Waals surface area (Å²) in [7, 11) is 0. The molecule has 4 rings (SSSR count). The van der Waals surface area contributed by atoms with Crippen LogP contribution in [0.5, 0.6) is 5.75 Å². The monoisotopic (exact) mass is 516 g/mol. The molecular weight excluding hydrogens is 474 g/mol. The number of halogens is 2. The largest absolute Gasteiger partial charge is 0.491 e. The average Bonchev–Trinajstić information content (AvgIpc) is 2.95. The van der Waals surface area contributed by atoms with Crippen LogP contribution in [-0.4, -0.2) is 6.61 Å². The molecular formula is C35H42F2O. The van der Waals surface area contributed by atoms with Gasteiger partial charge in [0.15, 0.2) is 11.6 Å². The molecule has 3 aromatic carbocycles. The lowest BCUT2D eigenvalue weighted by Crippen LogP contribution is -2.14. The summed E-state index contributed by atoms with van der Waals surface area (Å²) in [5, 5.41) is 0. The molecule has 0 bridgehead atoms. The van der Waals surface area contributed by atoms with Crippen LogP contribution in [0.1, 0.15) is 87.8 Å². The Bertz CT molecular complexity index is 1160. The van der Waals surface area contributed by atoms with E-state index in [0.717, 1.165) is 38.5 Å². The van der Waals surface area contributed by atoms with E-state index in [-0.39, 0.29) is 11.7 Å². The third kappa shape index (κ3) is 7.56. The van der Waals surface area contributed by atoms with Crippen LogP contribution in [-0.2, 0) is 12.8 Å². The predicted molar refractivity (Wildman–Crippen MR) is 155 cm³/mol. The van der Waals surface area contributed by atoms with Crippen LogP contribution in [0.3, 0.4) is 0 Å². The van der Waals surface area contributed by atoms with Crippen molar-refractivity contribution in [3.63, 3.8) is 0 Å². The van der Waals surface area contributed by atoms with Gasteiger partial charge >= 0.3 is 0 Å². The second kappa shape index (κ2) is 14.3. The van der Waals surface area contributed by atoms with Crippen molar-refractivity contribution < 1.29 is 13.5 Å². The van der Waals surface area contributed by atoms with Crippen molar-refractivity contribution >= 4 is 0 Å². The molecule has 0 radical (unpaired) electrons. The minimum absolute atomic E-state index is 0.00633. The molecule has 0 spiro atoms. The van der Waals surface area contributed by atoms with Crippen molar-refractivity contribution in [2.45, 2.75) is 84.0 Å². The number of rotatable bonds is 12. The normalized spacial score (nSPS) is 17.7. The molecule has 1 aliphatic rings. The molecule has 1 saturated carbocycles. The van der Waals surface area contributed by atoms with Gasteiger partial charge in [-0.2, -0.15) is 4.39 Å². The molecule has 0 heterocycles. The fourth-order valence-electron chi connectivity index (χ4n) is 5.60. The Hall–Kier alpha value is -2.94. The summed E-state index contributed by atoms with van der Waals surface area (Å²) in [5.41, 5.74) is 5.83. The van der Waals surface area contributed by atoms with Gasteiger partial charge in [-0.1, -0.05) is 86.5 Å². The van der Waals surface area contributed by atoms with Gasteiger partial charge in [-0.3, -0.25) is 0 Å². The van der Waals surface area contributed by atoms with Gasteiger partial charge in [0.2, 0.25) is 5.82 Å². The first-order valence-corrected chi connectivity index (χ1v) is 14.5. The van der Waals surface area contributed by atoms with E-state index < -0.39 is 11.6 Å². The smallest absolute Gasteiger partial charge is 0.200 e. The highest BCUT2D eigenvalue weighted by Crippen LogP contribution is 2.39. The maximum absolute atomic E-state index is 14.6. The molecule has 0 saturated heterocycles. The van der Waals surface area contributed by atoms with Crippen LogP contribution < -0.4 is 4.74 Å². The summed E-state index contributed by atoms with van der Waals surface area (Å²) in [4.78, 5) is 0. The minimum Gasteiger partial charge on any atom is -0.491 e. The number of hydrogen-bond donors (Lipinski definition) is 0. The van der Waals surface area contributed by atoms with Gasteiger partial charge in [0.25, 0.3) is 0 Å². The van der Waals surface area contributed by atoms with E-state index in [2.05, 4.69) is 67.6 Å². The molecule has 0 N–H and O–H groups in total. The molecule has 1 nitrogen and oxygen atoms in total. The zero-order valence-electron chi connectivity index (χ0n) is 23.0. The number of ether oxygens (including phenoxy) is 1. The highest BCUT2D eigenvalue weighted by Gasteiger charge is 2.25. The maximum atomic E-state index is 14.6. The highest BCUT2D eigenvalue weighted by molar-refractivity contribution is 5.64. The minimum atomic E-state index is -0.852. The number of aryl methyl sites for hydroxylation is 2.